The van der Waals surface area contributed by atoms with Gasteiger partial charge in [0.1, 0.15) is 17.3 Å². The molecule has 0 aliphatic carbocycles. The van der Waals surface area contributed by atoms with Gasteiger partial charge < -0.3 is 9.80 Å². The van der Waals surface area contributed by atoms with Crippen LogP contribution in [0.5, 0.6) is 0 Å². The molecule has 5 heteroatoms. The molecular weight excluding hydrogens is 665 g/mol. The normalized spacial score (nSPS) is 12.4. The summed E-state index contributed by atoms with van der Waals surface area (Å²) < 4.78 is 2.32. The summed E-state index contributed by atoms with van der Waals surface area (Å²) in [6, 6.07) is 65.4. The first-order valence-electron chi connectivity index (χ1n) is 17.9. The van der Waals surface area contributed by atoms with E-state index in [0.717, 1.165) is 34.8 Å². The van der Waals surface area contributed by atoms with Crippen molar-refractivity contribution in [2.45, 2.75) is 0 Å². The van der Waals surface area contributed by atoms with Crippen LogP contribution in [0.15, 0.2) is 194 Å². The fourth-order valence-corrected chi connectivity index (χ4v) is 8.75. The summed E-state index contributed by atoms with van der Waals surface area (Å²) in [5, 5.41) is 4.64. The lowest BCUT2D eigenvalue weighted by Gasteiger charge is -2.24. The number of fused-ring (bicyclic) bond motifs is 4. The number of pyridine rings is 1. The van der Waals surface area contributed by atoms with Gasteiger partial charge in [-0.1, -0.05) is 121 Å². The molecule has 9 aromatic rings. The van der Waals surface area contributed by atoms with Crippen molar-refractivity contribution in [3.63, 3.8) is 0 Å². The molecular formula is C48H34N4S. The number of aromatic nitrogens is 2. The highest BCUT2D eigenvalue weighted by Crippen LogP contribution is 2.46. The van der Waals surface area contributed by atoms with Crippen molar-refractivity contribution in [3.8, 4) is 5.82 Å². The lowest BCUT2D eigenvalue weighted by atomic mass is 9.85. The molecule has 0 N–H and O–H groups in total. The summed E-state index contributed by atoms with van der Waals surface area (Å²) >= 11 is 1.76. The van der Waals surface area contributed by atoms with E-state index in [2.05, 4.69) is 196 Å². The predicted octanol–water partition coefficient (Wildman–Crippen LogP) is 12.5. The summed E-state index contributed by atoms with van der Waals surface area (Å²) in [6.07, 6.45) is 1.87. The molecule has 0 spiro atoms. The van der Waals surface area contributed by atoms with Crippen LogP contribution in [0.3, 0.4) is 0 Å². The molecule has 0 amide bonds. The Balaban J connectivity index is 1.22. The molecule has 0 fully saturated rings. The van der Waals surface area contributed by atoms with Gasteiger partial charge >= 0.3 is 0 Å². The van der Waals surface area contributed by atoms with Crippen LogP contribution in [0, 0.1) is 0 Å². The number of thiophene rings is 1. The van der Waals surface area contributed by atoms with Crippen molar-refractivity contribution in [1.29, 1.82) is 0 Å². The monoisotopic (exact) mass is 698 g/mol. The van der Waals surface area contributed by atoms with Crippen LogP contribution in [-0.2, 0) is 0 Å². The molecule has 10 rings (SSSR count). The minimum atomic E-state index is 0.719. The molecule has 1 aliphatic rings. The Morgan fingerprint density at radius 2 is 1.06 bits per heavy atom. The van der Waals surface area contributed by atoms with E-state index in [4.69, 9.17) is 4.98 Å². The number of rotatable bonds is 7. The fraction of sp³-hybridized carbons (Fsp3) is 0.0208. The molecule has 252 valence electrons. The minimum absolute atomic E-state index is 0.719. The smallest absolute Gasteiger partial charge is 0.138 e. The number of benzene rings is 6. The minimum Gasteiger partial charge on any atom is -0.321 e. The van der Waals surface area contributed by atoms with E-state index in [1.54, 1.807) is 11.3 Å². The van der Waals surface area contributed by atoms with E-state index in [1.165, 1.54) is 54.9 Å². The first kappa shape index (κ1) is 31.1. The Morgan fingerprint density at radius 1 is 0.472 bits per heavy atom. The molecule has 0 bridgehead atoms. The average molecular weight is 699 g/mol. The van der Waals surface area contributed by atoms with Crippen molar-refractivity contribution < 1.29 is 0 Å². The molecule has 0 atom stereocenters. The summed E-state index contributed by atoms with van der Waals surface area (Å²) in [5.74, 6) is 0.918. The van der Waals surface area contributed by atoms with Crippen molar-refractivity contribution in [3.05, 3.63) is 216 Å². The highest BCUT2D eigenvalue weighted by Gasteiger charge is 2.28. The van der Waals surface area contributed by atoms with Crippen LogP contribution in [-0.4, -0.2) is 16.2 Å². The van der Waals surface area contributed by atoms with Gasteiger partial charge in [0.2, 0.25) is 0 Å². The molecule has 3 aromatic heterocycles. The molecule has 0 saturated carbocycles. The Kier molecular flexibility index (Phi) is 7.70. The Bertz CT molecular complexity index is 2710. The zero-order chi connectivity index (χ0) is 35.1. The third-order valence-corrected chi connectivity index (χ3v) is 11.1. The SMILES string of the molecule is c1ccc(C(=C(c2cccc(N3CN(c4ccccc4)c4ccccc43)c2)c2ccc3c4ccsc4n(-c4ccccn4)c3c2)c2ccccc2)cc1. The summed E-state index contributed by atoms with van der Waals surface area (Å²) in [5.41, 5.74) is 12.9. The lowest BCUT2D eigenvalue weighted by molar-refractivity contribution is 0.991. The number of hydrogen-bond acceptors (Lipinski definition) is 4. The van der Waals surface area contributed by atoms with Crippen molar-refractivity contribution in [1.82, 2.24) is 9.55 Å². The van der Waals surface area contributed by atoms with Crippen LogP contribution in [0.1, 0.15) is 22.3 Å². The summed E-state index contributed by atoms with van der Waals surface area (Å²) in [4.78, 5) is 10.8. The molecule has 4 heterocycles. The van der Waals surface area contributed by atoms with Gasteiger partial charge in [-0.15, -0.1) is 11.3 Å². The number of nitrogens with zero attached hydrogens (tertiary/aromatic N) is 4. The summed E-state index contributed by atoms with van der Waals surface area (Å²) in [6.45, 7) is 0.719. The first-order chi connectivity index (χ1) is 26.3. The molecule has 0 radical (unpaired) electrons. The van der Waals surface area contributed by atoms with Gasteiger partial charge in [0, 0.05) is 28.3 Å². The van der Waals surface area contributed by atoms with Crippen LogP contribution in [0.2, 0.25) is 0 Å². The Morgan fingerprint density at radius 3 is 1.75 bits per heavy atom. The van der Waals surface area contributed by atoms with Gasteiger partial charge in [-0.05, 0) is 99.4 Å². The topological polar surface area (TPSA) is 24.3 Å². The maximum atomic E-state index is 4.81. The van der Waals surface area contributed by atoms with Gasteiger partial charge in [0.05, 0.1) is 16.9 Å². The quantitative estimate of drug-likeness (QED) is 0.155. The van der Waals surface area contributed by atoms with Crippen LogP contribution < -0.4 is 9.80 Å². The second kappa shape index (κ2) is 13.1. The van der Waals surface area contributed by atoms with Crippen molar-refractivity contribution >= 4 is 66.4 Å². The average Bonchev–Trinajstić information content (AvgIpc) is 3.94. The molecule has 53 heavy (non-hydrogen) atoms. The third-order valence-electron chi connectivity index (χ3n) is 10.2. The van der Waals surface area contributed by atoms with Crippen molar-refractivity contribution in [2.24, 2.45) is 0 Å². The number of hydrogen-bond donors (Lipinski definition) is 0. The zero-order valence-corrected chi connectivity index (χ0v) is 29.7. The fourth-order valence-electron chi connectivity index (χ4n) is 7.82. The third kappa shape index (κ3) is 5.41. The van der Waals surface area contributed by atoms with E-state index in [-0.39, 0.29) is 0 Å². The highest BCUT2D eigenvalue weighted by molar-refractivity contribution is 7.17. The van der Waals surface area contributed by atoms with E-state index >= 15 is 0 Å². The molecule has 4 nitrogen and oxygen atoms in total. The van der Waals surface area contributed by atoms with Crippen LogP contribution in [0.4, 0.5) is 22.7 Å². The lowest BCUT2D eigenvalue weighted by Crippen LogP contribution is -2.23. The Hall–Kier alpha value is -6.69. The molecule has 1 aliphatic heterocycles. The van der Waals surface area contributed by atoms with Gasteiger partial charge in [-0.25, -0.2) is 4.98 Å². The van der Waals surface area contributed by atoms with E-state index in [9.17, 15) is 0 Å². The van der Waals surface area contributed by atoms with Gasteiger partial charge in [0.25, 0.3) is 0 Å². The predicted molar refractivity (Wildman–Crippen MR) is 223 cm³/mol. The van der Waals surface area contributed by atoms with E-state index < -0.39 is 0 Å². The largest absolute Gasteiger partial charge is 0.321 e. The van der Waals surface area contributed by atoms with Gasteiger partial charge in [-0.2, -0.15) is 0 Å². The maximum Gasteiger partial charge on any atom is 0.138 e. The van der Waals surface area contributed by atoms with Crippen LogP contribution >= 0.6 is 11.3 Å². The highest BCUT2D eigenvalue weighted by atomic mass is 32.1. The standard InChI is InChI=1S/C48H34N4S/c1-4-15-34(16-5-1)46(35-17-6-2-7-18-35)47(37-26-27-40-41-28-30-53-48(41)52(44(40)32-37)45-25-12-13-29-49-45)36-19-14-22-39(31-36)51-33-50(38-20-8-3-9-21-38)42-23-10-11-24-43(42)51/h1-32H,33H2. The zero-order valence-electron chi connectivity index (χ0n) is 28.9. The van der Waals surface area contributed by atoms with E-state index in [0.29, 0.717) is 0 Å². The number of anilines is 4. The summed E-state index contributed by atoms with van der Waals surface area (Å²) in [7, 11) is 0. The molecule has 0 unspecified atom stereocenters. The van der Waals surface area contributed by atoms with Gasteiger partial charge in [0.15, 0.2) is 0 Å². The molecule has 6 aromatic carbocycles. The van der Waals surface area contributed by atoms with Gasteiger partial charge in [-0.3, -0.25) is 4.57 Å². The maximum absolute atomic E-state index is 4.81. The van der Waals surface area contributed by atoms with Crippen molar-refractivity contribution in [2.75, 3.05) is 16.5 Å². The first-order valence-corrected chi connectivity index (χ1v) is 18.8. The van der Waals surface area contributed by atoms with E-state index in [1.807, 2.05) is 12.3 Å². The second-order valence-electron chi connectivity index (χ2n) is 13.2. The molecule has 0 saturated heterocycles. The number of para-hydroxylation sites is 3. The van der Waals surface area contributed by atoms with Crippen LogP contribution in [0.25, 0.3) is 38.1 Å². The second-order valence-corrected chi connectivity index (χ2v) is 14.1. The Labute approximate surface area is 312 Å².